The van der Waals surface area contributed by atoms with Gasteiger partial charge in [-0.25, -0.2) is 13.4 Å². The Morgan fingerprint density at radius 2 is 2.31 bits per heavy atom. The molecule has 0 fully saturated rings. The lowest BCUT2D eigenvalue weighted by Crippen LogP contribution is -2.05. The Hall–Kier alpha value is -0.810. The van der Waals surface area contributed by atoms with E-state index in [0.717, 1.165) is 6.42 Å². The molecule has 0 bridgehead atoms. The molecule has 0 aliphatic carbocycles. The van der Waals surface area contributed by atoms with Crippen molar-refractivity contribution in [3.63, 3.8) is 0 Å². The highest BCUT2D eigenvalue weighted by atomic mass is 35.7. The summed E-state index contributed by atoms with van der Waals surface area (Å²) >= 11 is 0. The summed E-state index contributed by atoms with van der Waals surface area (Å²) in [6.07, 6.45) is 4.79. The number of hydrogen-bond acceptors (Lipinski definition) is 3. The van der Waals surface area contributed by atoms with Crippen LogP contribution in [0.1, 0.15) is 32.1 Å². The van der Waals surface area contributed by atoms with Gasteiger partial charge in [0.2, 0.25) is 0 Å². The van der Waals surface area contributed by atoms with E-state index in [1.54, 1.807) is 10.6 Å². The van der Waals surface area contributed by atoms with Gasteiger partial charge in [0.1, 0.15) is 5.82 Å². The van der Waals surface area contributed by atoms with Crippen LogP contribution in [0.25, 0.3) is 0 Å². The minimum atomic E-state index is -3.76. The molecular formula is C10H15ClN2O2S. The predicted octanol–water partition coefficient (Wildman–Crippen LogP) is 2.51. The van der Waals surface area contributed by atoms with Crippen LogP contribution in [0.2, 0.25) is 0 Å². The Morgan fingerprint density at radius 3 is 2.75 bits per heavy atom. The van der Waals surface area contributed by atoms with Crippen molar-refractivity contribution in [3.8, 4) is 0 Å². The van der Waals surface area contributed by atoms with Gasteiger partial charge in [0.15, 0.2) is 5.03 Å². The van der Waals surface area contributed by atoms with Crippen LogP contribution in [-0.2, 0) is 15.5 Å². The van der Waals surface area contributed by atoms with Gasteiger partial charge in [0.05, 0.1) is 0 Å². The maximum Gasteiger partial charge on any atom is 0.280 e. The first-order valence-electron chi connectivity index (χ1n) is 5.05. The van der Waals surface area contributed by atoms with Crippen LogP contribution < -0.4 is 0 Å². The molecule has 1 aromatic rings. The number of aromatic nitrogens is 2. The Bertz CT molecular complexity index is 479. The summed E-state index contributed by atoms with van der Waals surface area (Å²) in [6, 6.07) is 0.00113. The number of hydrogen-bond donors (Lipinski definition) is 0. The van der Waals surface area contributed by atoms with E-state index < -0.39 is 9.05 Å². The smallest absolute Gasteiger partial charge is 0.280 e. The average Bonchev–Trinajstić information content (AvgIpc) is 2.61. The maximum atomic E-state index is 11.2. The third kappa shape index (κ3) is 2.86. The van der Waals surface area contributed by atoms with Gasteiger partial charge in [-0.3, -0.25) is 0 Å². The van der Waals surface area contributed by atoms with Crippen LogP contribution >= 0.6 is 10.7 Å². The second kappa shape index (κ2) is 5.01. The molecule has 0 N–H and O–H groups in total. The SMILES string of the molecule is C=CC(C)n1cc(S(=O)(=O)Cl)nc1CCC. The van der Waals surface area contributed by atoms with Gasteiger partial charge in [-0.1, -0.05) is 13.0 Å². The molecule has 1 aromatic heterocycles. The first-order chi connectivity index (χ1) is 7.40. The highest BCUT2D eigenvalue weighted by Gasteiger charge is 2.18. The first kappa shape index (κ1) is 13.3. The third-order valence-electron chi connectivity index (χ3n) is 2.29. The van der Waals surface area contributed by atoms with Crippen LogP contribution in [0.4, 0.5) is 0 Å². The van der Waals surface area contributed by atoms with Gasteiger partial charge in [-0.05, 0) is 13.3 Å². The molecule has 0 aliphatic heterocycles. The normalized spacial score (nSPS) is 13.7. The fraction of sp³-hybridized carbons (Fsp3) is 0.500. The number of aryl methyl sites for hydroxylation is 1. The number of allylic oxidation sites excluding steroid dienone is 1. The van der Waals surface area contributed by atoms with Crippen LogP contribution in [0.3, 0.4) is 0 Å². The Balaban J connectivity index is 3.25. The molecule has 1 rings (SSSR count). The van der Waals surface area contributed by atoms with Crippen LogP contribution in [0.5, 0.6) is 0 Å². The summed E-state index contributed by atoms with van der Waals surface area (Å²) in [5.74, 6) is 0.717. The Morgan fingerprint density at radius 1 is 1.69 bits per heavy atom. The molecule has 0 spiro atoms. The molecule has 6 heteroatoms. The number of nitrogens with zero attached hydrogens (tertiary/aromatic N) is 2. The van der Waals surface area contributed by atoms with E-state index in [9.17, 15) is 8.42 Å². The molecule has 0 radical (unpaired) electrons. The van der Waals surface area contributed by atoms with Crippen molar-refractivity contribution in [3.05, 3.63) is 24.7 Å². The van der Waals surface area contributed by atoms with E-state index in [-0.39, 0.29) is 11.1 Å². The fourth-order valence-corrected chi connectivity index (χ4v) is 2.08. The fourth-order valence-electron chi connectivity index (χ4n) is 1.40. The molecule has 16 heavy (non-hydrogen) atoms. The van der Waals surface area contributed by atoms with E-state index >= 15 is 0 Å². The third-order valence-corrected chi connectivity index (χ3v) is 3.46. The Labute approximate surface area is 100 Å². The van der Waals surface area contributed by atoms with Crippen molar-refractivity contribution < 1.29 is 8.42 Å². The van der Waals surface area contributed by atoms with Crippen LogP contribution in [0.15, 0.2) is 23.9 Å². The molecule has 1 heterocycles. The minimum Gasteiger partial charge on any atom is -0.327 e. The lowest BCUT2D eigenvalue weighted by molar-refractivity contribution is 0.606. The summed E-state index contributed by atoms with van der Waals surface area (Å²) in [4.78, 5) is 4.04. The minimum absolute atomic E-state index is 0.00113. The van der Waals surface area contributed by atoms with Gasteiger partial charge in [0, 0.05) is 29.3 Å². The summed E-state index contributed by atoms with van der Waals surface area (Å²) in [7, 11) is 1.50. The van der Waals surface area contributed by atoms with Gasteiger partial charge in [-0.15, -0.1) is 6.58 Å². The molecule has 0 aliphatic rings. The summed E-state index contributed by atoms with van der Waals surface area (Å²) in [5, 5.41) is -0.0914. The average molecular weight is 263 g/mol. The standard InChI is InChI=1S/C10H15ClN2O2S/c1-4-6-9-12-10(16(11,14)15)7-13(9)8(3)5-2/h5,7-8H,2,4,6H2,1,3H3. The van der Waals surface area contributed by atoms with Crippen molar-refractivity contribution in [2.45, 2.75) is 37.8 Å². The van der Waals surface area contributed by atoms with Crippen molar-refractivity contribution in [2.75, 3.05) is 0 Å². The zero-order valence-electron chi connectivity index (χ0n) is 9.35. The quantitative estimate of drug-likeness (QED) is 0.605. The van der Waals surface area contributed by atoms with E-state index in [0.29, 0.717) is 12.2 Å². The molecule has 0 saturated carbocycles. The number of imidazole rings is 1. The molecular weight excluding hydrogens is 248 g/mol. The molecule has 0 saturated heterocycles. The van der Waals surface area contributed by atoms with E-state index in [1.165, 1.54) is 6.20 Å². The number of halogens is 1. The lowest BCUT2D eigenvalue weighted by Gasteiger charge is -2.10. The van der Waals surface area contributed by atoms with Gasteiger partial charge in [0.25, 0.3) is 9.05 Å². The maximum absolute atomic E-state index is 11.2. The summed E-state index contributed by atoms with van der Waals surface area (Å²) in [5.41, 5.74) is 0. The molecule has 0 amide bonds. The van der Waals surface area contributed by atoms with Crippen molar-refractivity contribution in [1.82, 2.24) is 9.55 Å². The van der Waals surface area contributed by atoms with Crippen molar-refractivity contribution in [2.24, 2.45) is 0 Å². The first-order valence-corrected chi connectivity index (χ1v) is 7.36. The predicted molar refractivity (Wildman–Crippen MR) is 64.2 cm³/mol. The van der Waals surface area contributed by atoms with Gasteiger partial charge in [-0.2, -0.15) is 0 Å². The molecule has 90 valence electrons. The molecule has 4 nitrogen and oxygen atoms in total. The molecule has 1 atom stereocenters. The van der Waals surface area contributed by atoms with E-state index in [2.05, 4.69) is 11.6 Å². The molecule has 1 unspecified atom stereocenters. The second-order valence-corrected chi connectivity index (χ2v) is 6.08. The van der Waals surface area contributed by atoms with Crippen molar-refractivity contribution in [1.29, 1.82) is 0 Å². The zero-order chi connectivity index (χ0) is 12.3. The van der Waals surface area contributed by atoms with Crippen LogP contribution in [0, 0.1) is 0 Å². The van der Waals surface area contributed by atoms with E-state index in [1.807, 2.05) is 13.8 Å². The summed E-state index contributed by atoms with van der Waals surface area (Å²) < 4.78 is 24.1. The van der Waals surface area contributed by atoms with E-state index in [4.69, 9.17) is 10.7 Å². The van der Waals surface area contributed by atoms with Gasteiger partial charge >= 0.3 is 0 Å². The highest BCUT2D eigenvalue weighted by Crippen LogP contribution is 2.19. The number of rotatable bonds is 5. The zero-order valence-corrected chi connectivity index (χ0v) is 10.9. The van der Waals surface area contributed by atoms with Gasteiger partial charge < -0.3 is 4.57 Å². The monoisotopic (exact) mass is 262 g/mol. The van der Waals surface area contributed by atoms with Crippen molar-refractivity contribution >= 4 is 19.7 Å². The second-order valence-electron chi connectivity index (χ2n) is 3.57. The lowest BCUT2D eigenvalue weighted by atomic mass is 10.3. The Kier molecular flexibility index (Phi) is 4.15. The van der Waals surface area contributed by atoms with Crippen LogP contribution in [-0.4, -0.2) is 18.0 Å². The molecule has 0 aromatic carbocycles. The largest absolute Gasteiger partial charge is 0.327 e. The topological polar surface area (TPSA) is 52.0 Å². The highest BCUT2D eigenvalue weighted by molar-refractivity contribution is 8.13. The summed E-state index contributed by atoms with van der Waals surface area (Å²) in [6.45, 7) is 7.60.